The van der Waals surface area contributed by atoms with Gasteiger partial charge >= 0.3 is 11.9 Å². The first-order valence-electron chi connectivity index (χ1n) is 8.80. The van der Waals surface area contributed by atoms with E-state index in [4.69, 9.17) is 11.6 Å². The van der Waals surface area contributed by atoms with Gasteiger partial charge in [0.2, 0.25) is 0 Å². The molecule has 1 fully saturated rings. The number of hydrogen-bond donors (Lipinski definition) is 2. The lowest BCUT2D eigenvalue weighted by atomic mass is 9.75. The van der Waals surface area contributed by atoms with E-state index in [1.807, 2.05) is 0 Å². The highest BCUT2D eigenvalue weighted by atomic mass is 35.5. The normalized spacial score (nSPS) is 21.8. The van der Waals surface area contributed by atoms with Crippen LogP contribution in [-0.4, -0.2) is 37.5 Å². The average Bonchev–Trinajstić information content (AvgIpc) is 2.60. The van der Waals surface area contributed by atoms with Crippen LogP contribution in [0.15, 0.2) is 41.2 Å². The highest BCUT2D eigenvalue weighted by Gasteiger charge is 2.61. The zero-order valence-electron chi connectivity index (χ0n) is 15.2. The zero-order chi connectivity index (χ0) is 21.0. The maximum Gasteiger partial charge on any atom is 0.417 e. The van der Waals surface area contributed by atoms with Gasteiger partial charge in [-0.1, -0.05) is 23.7 Å². The van der Waals surface area contributed by atoms with E-state index in [1.54, 1.807) is 43.3 Å². The van der Waals surface area contributed by atoms with Crippen LogP contribution in [0.4, 0.5) is 19.0 Å². The number of aryl methyl sites for hydroxylation is 1. The minimum atomic E-state index is -4.70. The summed E-state index contributed by atoms with van der Waals surface area (Å²) in [7, 11) is 0. The fraction of sp³-hybridized carbons (Fsp3) is 0.316. The van der Waals surface area contributed by atoms with Crippen molar-refractivity contribution in [2.75, 3.05) is 5.32 Å². The Morgan fingerprint density at radius 3 is 2.55 bits per heavy atom. The fourth-order valence-electron chi connectivity index (χ4n) is 3.44. The Morgan fingerprint density at radius 1 is 1.21 bits per heavy atom. The monoisotopic (exact) mass is 424 g/mol. The van der Waals surface area contributed by atoms with Gasteiger partial charge in [0, 0.05) is 24.6 Å². The van der Waals surface area contributed by atoms with Crippen molar-refractivity contribution in [2.45, 2.75) is 37.6 Å². The molecular formula is C19H16ClF3N4O2. The summed E-state index contributed by atoms with van der Waals surface area (Å²) in [5, 5.41) is 13.3. The van der Waals surface area contributed by atoms with Gasteiger partial charge in [-0.2, -0.15) is 18.2 Å². The molecule has 2 aromatic heterocycles. The van der Waals surface area contributed by atoms with Crippen LogP contribution < -0.4 is 11.0 Å². The van der Waals surface area contributed by atoms with E-state index in [9.17, 15) is 23.1 Å². The number of para-hydroxylation sites is 1. The number of rotatable bonds is 3. The van der Waals surface area contributed by atoms with Gasteiger partial charge in [0.25, 0.3) is 0 Å². The summed E-state index contributed by atoms with van der Waals surface area (Å²) in [5.41, 5.74) is -2.06. The van der Waals surface area contributed by atoms with Crippen LogP contribution in [0.5, 0.6) is 0 Å². The van der Waals surface area contributed by atoms with Gasteiger partial charge < -0.3 is 10.4 Å². The molecule has 0 amide bonds. The molecule has 152 valence electrons. The summed E-state index contributed by atoms with van der Waals surface area (Å²) in [5.74, 6) is 0.120. The lowest BCUT2D eigenvalue weighted by Gasteiger charge is -2.44. The minimum Gasteiger partial charge on any atom is -0.380 e. The molecule has 0 spiro atoms. The molecule has 1 saturated carbocycles. The van der Waals surface area contributed by atoms with Crippen LogP contribution in [0.2, 0.25) is 5.02 Å². The van der Waals surface area contributed by atoms with Gasteiger partial charge in [0.15, 0.2) is 11.2 Å². The number of anilines is 1. The molecule has 29 heavy (non-hydrogen) atoms. The minimum absolute atomic E-state index is 0.120. The first kappa shape index (κ1) is 19.7. The van der Waals surface area contributed by atoms with Gasteiger partial charge in [-0.3, -0.25) is 0 Å². The average molecular weight is 425 g/mol. The predicted molar refractivity (Wildman–Crippen MR) is 103 cm³/mol. The Kier molecular flexibility index (Phi) is 4.54. The number of benzene rings is 1. The second-order valence-corrected chi connectivity index (χ2v) is 7.54. The molecule has 1 aromatic carbocycles. The van der Waals surface area contributed by atoms with Crippen molar-refractivity contribution < 1.29 is 18.3 Å². The third-order valence-corrected chi connectivity index (χ3v) is 5.33. The van der Waals surface area contributed by atoms with Gasteiger partial charge in [0.05, 0.1) is 16.1 Å². The van der Waals surface area contributed by atoms with Crippen molar-refractivity contribution in [2.24, 2.45) is 0 Å². The first-order chi connectivity index (χ1) is 13.6. The van der Waals surface area contributed by atoms with E-state index in [0.717, 1.165) is 0 Å². The molecule has 1 aliphatic rings. The number of pyridine rings is 1. The van der Waals surface area contributed by atoms with Crippen molar-refractivity contribution >= 4 is 28.5 Å². The number of halogens is 4. The standard InChI is InChI=1S/C19H16ClF3N4O2/c1-10-6-7-12-15(25-11-8-18(29,9-11)19(21,22)23)26-17(28)27(16(12)24-10)14-5-3-2-4-13(14)20/h2-7,11,29H,8-9H2,1H3,(H,25,26,28). The van der Waals surface area contributed by atoms with E-state index in [-0.39, 0.29) is 11.5 Å². The molecule has 1 aliphatic carbocycles. The van der Waals surface area contributed by atoms with Gasteiger partial charge in [0.1, 0.15) is 5.82 Å². The lowest BCUT2D eigenvalue weighted by molar-refractivity contribution is -0.288. The molecule has 0 aliphatic heterocycles. The Labute approximate surface area is 168 Å². The van der Waals surface area contributed by atoms with E-state index in [2.05, 4.69) is 15.3 Å². The number of nitrogens with one attached hydrogen (secondary N) is 1. The summed E-state index contributed by atoms with van der Waals surface area (Å²) in [6, 6.07) is 9.44. The number of alkyl halides is 3. The summed E-state index contributed by atoms with van der Waals surface area (Å²) < 4.78 is 39.9. The summed E-state index contributed by atoms with van der Waals surface area (Å²) >= 11 is 6.24. The molecule has 2 heterocycles. The molecule has 0 saturated heterocycles. The molecule has 0 unspecified atom stereocenters. The van der Waals surface area contributed by atoms with E-state index < -0.39 is 36.4 Å². The summed E-state index contributed by atoms with van der Waals surface area (Å²) in [6.07, 6.45) is -5.74. The molecule has 3 aromatic rings. The summed E-state index contributed by atoms with van der Waals surface area (Å²) in [4.78, 5) is 21.2. The highest BCUT2D eigenvalue weighted by molar-refractivity contribution is 6.32. The Morgan fingerprint density at radius 2 is 1.90 bits per heavy atom. The SMILES string of the molecule is Cc1ccc2c(NC3CC(O)(C(F)(F)F)C3)nc(=O)n(-c3ccccc3Cl)c2n1. The summed E-state index contributed by atoms with van der Waals surface area (Å²) in [6.45, 7) is 1.75. The van der Waals surface area contributed by atoms with E-state index >= 15 is 0 Å². The maximum absolute atomic E-state index is 12.9. The van der Waals surface area contributed by atoms with Gasteiger partial charge in [-0.25, -0.2) is 14.3 Å². The van der Waals surface area contributed by atoms with Gasteiger partial charge in [-0.15, -0.1) is 0 Å². The topological polar surface area (TPSA) is 80.0 Å². The van der Waals surface area contributed by atoms with E-state index in [1.165, 1.54) is 4.57 Å². The molecule has 6 nitrogen and oxygen atoms in total. The van der Waals surface area contributed by atoms with Crippen molar-refractivity contribution in [3.8, 4) is 5.69 Å². The number of fused-ring (bicyclic) bond motifs is 1. The zero-order valence-corrected chi connectivity index (χ0v) is 15.9. The Bertz CT molecular complexity index is 1160. The van der Waals surface area contributed by atoms with Crippen LogP contribution in [0.25, 0.3) is 16.7 Å². The Balaban J connectivity index is 1.78. The van der Waals surface area contributed by atoms with Crippen molar-refractivity contribution in [3.63, 3.8) is 0 Å². The maximum atomic E-state index is 12.9. The van der Waals surface area contributed by atoms with E-state index in [0.29, 0.717) is 21.8 Å². The fourth-order valence-corrected chi connectivity index (χ4v) is 3.66. The first-order valence-corrected chi connectivity index (χ1v) is 9.18. The molecule has 2 N–H and O–H groups in total. The second kappa shape index (κ2) is 6.70. The molecular weight excluding hydrogens is 409 g/mol. The number of aliphatic hydroxyl groups is 1. The second-order valence-electron chi connectivity index (χ2n) is 7.13. The molecule has 0 radical (unpaired) electrons. The predicted octanol–water partition coefficient (Wildman–Crippen LogP) is 3.61. The van der Waals surface area contributed by atoms with Crippen LogP contribution in [0.1, 0.15) is 18.5 Å². The number of aromatic nitrogens is 3. The molecule has 10 heteroatoms. The quantitative estimate of drug-likeness (QED) is 0.671. The van der Waals surface area contributed by atoms with Crippen LogP contribution in [0, 0.1) is 6.92 Å². The lowest BCUT2D eigenvalue weighted by Crippen LogP contribution is -2.59. The highest BCUT2D eigenvalue weighted by Crippen LogP contribution is 2.46. The smallest absolute Gasteiger partial charge is 0.380 e. The third kappa shape index (κ3) is 3.34. The largest absolute Gasteiger partial charge is 0.417 e. The third-order valence-electron chi connectivity index (χ3n) is 5.01. The molecule has 4 rings (SSSR count). The molecule has 0 bridgehead atoms. The Hall–Kier alpha value is -2.65. The van der Waals surface area contributed by atoms with Crippen molar-refractivity contribution in [1.82, 2.24) is 14.5 Å². The van der Waals surface area contributed by atoms with Crippen molar-refractivity contribution in [1.29, 1.82) is 0 Å². The molecule has 0 atom stereocenters. The van der Waals surface area contributed by atoms with Gasteiger partial charge in [-0.05, 0) is 31.2 Å². The van der Waals surface area contributed by atoms with Crippen molar-refractivity contribution in [3.05, 3.63) is 57.6 Å². The number of nitrogens with zero attached hydrogens (tertiary/aromatic N) is 3. The number of hydrogen-bond acceptors (Lipinski definition) is 5. The van der Waals surface area contributed by atoms with Crippen LogP contribution in [0.3, 0.4) is 0 Å². The van der Waals surface area contributed by atoms with Crippen LogP contribution in [-0.2, 0) is 0 Å². The van der Waals surface area contributed by atoms with Crippen LogP contribution >= 0.6 is 11.6 Å².